The first-order valence-electron chi connectivity index (χ1n) is 9.49. The maximum absolute atomic E-state index is 5.39. The Hall–Kier alpha value is -1.59. The van der Waals surface area contributed by atoms with Crippen molar-refractivity contribution in [3.63, 3.8) is 0 Å². The molecule has 25 heavy (non-hydrogen) atoms. The van der Waals surface area contributed by atoms with E-state index in [0.717, 1.165) is 64.9 Å². The van der Waals surface area contributed by atoms with E-state index in [0.29, 0.717) is 0 Å². The number of rotatable bonds is 8. The average molecular weight is 347 g/mol. The van der Waals surface area contributed by atoms with Crippen LogP contribution in [-0.4, -0.2) is 63.3 Å². The molecule has 2 N–H and O–H groups in total. The van der Waals surface area contributed by atoms with Crippen LogP contribution in [0.3, 0.4) is 0 Å². The topological polar surface area (TPSA) is 48.9 Å². The first-order chi connectivity index (χ1) is 12.1. The minimum Gasteiger partial charge on any atom is -0.379 e. The van der Waals surface area contributed by atoms with Crippen molar-refractivity contribution in [2.75, 3.05) is 52.5 Å². The average Bonchev–Trinajstić information content (AvgIpc) is 2.65. The lowest BCUT2D eigenvalue weighted by molar-refractivity contribution is 0.0376. The van der Waals surface area contributed by atoms with E-state index in [1.54, 1.807) is 0 Å². The zero-order chi connectivity index (χ0) is 18.0. The summed E-state index contributed by atoms with van der Waals surface area (Å²) in [6.07, 6.45) is 1.12. The van der Waals surface area contributed by atoms with Crippen molar-refractivity contribution in [2.24, 2.45) is 4.99 Å². The van der Waals surface area contributed by atoms with Gasteiger partial charge in [-0.2, -0.15) is 0 Å². The molecule has 0 atom stereocenters. The van der Waals surface area contributed by atoms with Crippen LogP contribution in [0.1, 0.15) is 32.8 Å². The third-order valence-corrected chi connectivity index (χ3v) is 4.58. The normalized spacial score (nSPS) is 16.7. The molecule has 0 unspecified atom stereocenters. The van der Waals surface area contributed by atoms with Gasteiger partial charge < -0.3 is 15.4 Å². The number of morpholine rings is 1. The molecule has 1 aliphatic rings. The largest absolute Gasteiger partial charge is 0.379 e. The predicted molar refractivity (Wildman–Crippen MR) is 105 cm³/mol. The van der Waals surface area contributed by atoms with Crippen molar-refractivity contribution in [3.05, 3.63) is 35.9 Å². The Balaban J connectivity index is 1.79. The molecular formula is C20H34N4O. The Bertz CT molecular complexity index is 510. The number of hydrogen-bond acceptors (Lipinski definition) is 3. The first kappa shape index (κ1) is 19.7. The van der Waals surface area contributed by atoms with E-state index >= 15 is 0 Å². The molecule has 0 aromatic heterocycles. The van der Waals surface area contributed by atoms with Crippen LogP contribution in [0.15, 0.2) is 35.3 Å². The first-order valence-corrected chi connectivity index (χ1v) is 9.49. The van der Waals surface area contributed by atoms with Gasteiger partial charge in [-0.1, -0.05) is 44.2 Å². The second-order valence-electron chi connectivity index (χ2n) is 7.18. The lowest BCUT2D eigenvalue weighted by atomic mass is 9.85. The lowest BCUT2D eigenvalue weighted by Crippen LogP contribution is -2.41. The fourth-order valence-corrected chi connectivity index (χ4v) is 2.93. The van der Waals surface area contributed by atoms with Crippen LogP contribution in [0, 0.1) is 0 Å². The summed E-state index contributed by atoms with van der Waals surface area (Å²) in [6.45, 7) is 14.1. The molecule has 0 radical (unpaired) electrons. The van der Waals surface area contributed by atoms with Crippen LogP contribution in [0.25, 0.3) is 0 Å². The summed E-state index contributed by atoms with van der Waals surface area (Å²) < 4.78 is 5.39. The summed E-state index contributed by atoms with van der Waals surface area (Å²) in [5.74, 6) is 0.911. The molecular weight excluding hydrogens is 312 g/mol. The fourth-order valence-electron chi connectivity index (χ4n) is 2.93. The van der Waals surface area contributed by atoms with Gasteiger partial charge in [-0.05, 0) is 25.5 Å². The van der Waals surface area contributed by atoms with Gasteiger partial charge in [0.1, 0.15) is 0 Å². The number of benzene rings is 1. The molecule has 140 valence electrons. The Morgan fingerprint density at radius 3 is 2.56 bits per heavy atom. The van der Waals surface area contributed by atoms with Gasteiger partial charge in [-0.25, -0.2) is 0 Å². The molecule has 5 heteroatoms. The number of aliphatic imine (C=N–C) groups is 1. The monoisotopic (exact) mass is 346 g/mol. The molecule has 1 saturated heterocycles. The van der Waals surface area contributed by atoms with Crippen molar-refractivity contribution in [1.29, 1.82) is 0 Å². The van der Waals surface area contributed by atoms with Gasteiger partial charge in [0.25, 0.3) is 0 Å². The molecule has 0 amide bonds. The Labute approximate surface area is 152 Å². The number of guanidine groups is 1. The van der Waals surface area contributed by atoms with Gasteiger partial charge in [0.15, 0.2) is 5.96 Å². The molecule has 1 aromatic carbocycles. The van der Waals surface area contributed by atoms with Crippen LogP contribution in [0.2, 0.25) is 0 Å². The van der Waals surface area contributed by atoms with E-state index in [1.807, 2.05) is 0 Å². The predicted octanol–water partition coefficient (Wildman–Crippen LogP) is 2.24. The maximum Gasteiger partial charge on any atom is 0.191 e. The molecule has 5 nitrogen and oxygen atoms in total. The SMILES string of the molecule is CCNC(=NCC(C)(C)c1ccccc1)NCCCN1CCOCC1. The molecule has 0 saturated carbocycles. The number of ether oxygens (including phenoxy) is 1. The van der Waals surface area contributed by atoms with Crippen LogP contribution in [-0.2, 0) is 10.2 Å². The van der Waals surface area contributed by atoms with Crippen molar-refractivity contribution >= 4 is 5.96 Å². The second kappa shape index (κ2) is 10.4. The zero-order valence-corrected chi connectivity index (χ0v) is 16.1. The van der Waals surface area contributed by atoms with Crippen molar-refractivity contribution in [1.82, 2.24) is 15.5 Å². The van der Waals surface area contributed by atoms with Gasteiger partial charge in [-0.3, -0.25) is 9.89 Å². The fraction of sp³-hybridized carbons (Fsp3) is 0.650. The smallest absolute Gasteiger partial charge is 0.191 e. The van der Waals surface area contributed by atoms with E-state index in [2.05, 4.69) is 66.6 Å². The van der Waals surface area contributed by atoms with E-state index < -0.39 is 0 Å². The number of nitrogens with zero attached hydrogens (tertiary/aromatic N) is 2. The van der Waals surface area contributed by atoms with E-state index in [-0.39, 0.29) is 5.41 Å². The van der Waals surface area contributed by atoms with Crippen LogP contribution in [0.4, 0.5) is 0 Å². The third kappa shape index (κ3) is 7.04. The highest BCUT2D eigenvalue weighted by molar-refractivity contribution is 5.79. The minimum absolute atomic E-state index is 0.0252. The lowest BCUT2D eigenvalue weighted by Gasteiger charge is -2.26. The number of nitrogens with one attached hydrogen (secondary N) is 2. The highest BCUT2D eigenvalue weighted by atomic mass is 16.5. The summed E-state index contributed by atoms with van der Waals surface area (Å²) in [6, 6.07) is 10.6. The van der Waals surface area contributed by atoms with E-state index in [1.165, 1.54) is 5.56 Å². The summed E-state index contributed by atoms with van der Waals surface area (Å²) in [5.41, 5.74) is 1.35. The van der Waals surface area contributed by atoms with Gasteiger partial charge in [0, 0.05) is 31.6 Å². The Morgan fingerprint density at radius 2 is 1.88 bits per heavy atom. The van der Waals surface area contributed by atoms with Gasteiger partial charge in [-0.15, -0.1) is 0 Å². The molecule has 1 aromatic rings. The highest BCUT2D eigenvalue weighted by Gasteiger charge is 2.20. The van der Waals surface area contributed by atoms with Crippen LogP contribution in [0.5, 0.6) is 0 Å². The second-order valence-corrected chi connectivity index (χ2v) is 7.18. The summed E-state index contributed by atoms with van der Waals surface area (Å²) in [5, 5.41) is 6.82. The summed E-state index contributed by atoms with van der Waals surface area (Å²) in [4.78, 5) is 7.27. The molecule has 0 spiro atoms. The molecule has 1 fully saturated rings. The van der Waals surface area contributed by atoms with Gasteiger partial charge in [0.05, 0.1) is 19.8 Å². The highest BCUT2D eigenvalue weighted by Crippen LogP contribution is 2.22. The van der Waals surface area contributed by atoms with Crippen LogP contribution < -0.4 is 10.6 Å². The standard InChI is InChI=1S/C20H34N4O/c1-4-21-19(22-11-8-12-24-13-15-25-16-14-24)23-17-20(2,3)18-9-6-5-7-10-18/h5-7,9-10H,4,8,11-17H2,1-3H3,(H2,21,22,23). The summed E-state index contributed by atoms with van der Waals surface area (Å²) >= 11 is 0. The third-order valence-electron chi connectivity index (χ3n) is 4.58. The summed E-state index contributed by atoms with van der Waals surface area (Å²) in [7, 11) is 0. The van der Waals surface area contributed by atoms with Gasteiger partial charge >= 0.3 is 0 Å². The maximum atomic E-state index is 5.39. The van der Waals surface area contributed by atoms with E-state index in [9.17, 15) is 0 Å². The molecule has 1 heterocycles. The number of hydrogen-bond donors (Lipinski definition) is 2. The van der Waals surface area contributed by atoms with Crippen molar-refractivity contribution < 1.29 is 4.74 Å². The van der Waals surface area contributed by atoms with Crippen molar-refractivity contribution in [3.8, 4) is 0 Å². The van der Waals surface area contributed by atoms with Gasteiger partial charge in [0.2, 0.25) is 0 Å². The molecule has 0 aliphatic carbocycles. The molecule has 2 rings (SSSR count). The minimum atomic E-state index is 0.0252. The molecule has 1 aliphatic heterocycles. The Morgan fingerprint density at radius 1 is 1.16 bits per heavy atom. The van der Waals surface area contributed by atoms with Crippen LogP contribution >= 0.6 is 0 Å². The Kier molecular flexibility index (Phi) is 8.22. The van der Waals surface area contributed by atoms with Crippen molar-refractivity contribution in [2.45, 2.75) is 32.6 Å². The zero-order valence-electron chi connectivity index (χ0n) is 16.1. The molecule has 0 bridgehead atoms. The van der Waals surface area contributed by atoms with E-state index in [4.69, 9.17) is 9.73 Å². The quantitative estimate of drug-likeness (QED) is 0.431.